The molecule has 2 fully saturated rings. The van der Waals surface area contributed by atoms with E-state index in [-0.39, 0.29) is 24.1 Å². The van der Waals surface area contributed by atoms with Gasteiger partial charge < -0.3 is 15.5 Å². The molecule has 4 heterocycles. The molecule has 182 valence electrons. The lowest BCUT2D eigenvalue weighted by Crippen LogP contribution is -2.26. The first-order valence-electron chi connectivity index (χ1n) is 11.6. The Bertz CT molecular complexity index is 1340. The van der Waals surface area contributed by atoms with E-state index in [1.165, 1.54) is 11.3 Å². The van der Waals surface area contributed by atoms with Crippen LogP contribution in [0.1, 0.15) is 40.9 Å². The van der Waals surface area contributed by atoms with Crippen molar-refractivity contribution in [2.24, 2.45) is 0 Å². The summed E-state index contributed by atoms with van der Waals surface area (Å²) in [5.74, 6) is 0.00572. The Hall–Kier alpha value is -3.57. The molecule has 0 radical (unpaired) electrons. The van der Waals surface area contributed by atoms with Gasteiger partial charge in [0.15, 0.2) is 5.65 Å². The number of nitrogens with zero attached hydrogens (tertiary/aromatic N) is 4. The van der Waals surface area contributed by atoms with E-state index in [1.54, 1.807) is 16.8 Å². The topological polar surface area (TPSA) is 121 Å². The lowest BCUT2D eigenvalue weighted by atomic mass is 10.1. The number of hydrogen-bond donors (Lipinski definition) is 3. The molecule has 35 heavy (non-hydrogen) atoms. The summed E-state index contributed by atoms with van der Waals surface area (Å²) in [5.41, 5.74) is 2.33. The highest BCUT2D eigenvalue weighted by atomic mass is 32.1. The summed E-state index contributed by atoms with van der Waals surface area (Å²) in [6, 6.07) is 6.04. The van der Waals surface area contributed by atoms with Crippen molar-refractivity contribution in [1.29, 1.82) is 0 Å². The van der Waals surface area contributed by atoms with Crippen molar-refractivity contribution in [2.45, 2.75) is 31.7 Å². The van der Waals surface area contributed by atoms with Gasteiger partial charge in [-0.15, -0.1) is 11.3 Å². The first-order valence-corrected chi connectivity index (χ1v) is 12.4. The third kappa shape index (κ3) is 5.25. The maximum absolute atomic E-state index is 12.6. The van der Waals surface area contributed by atoms with E-state index in [9.17, 15) is 14.4 Å². The molecule has 0 unspecified atom stereocenters. The second kappa shape index (κ2) is 9.59. The van der Waals surface area contributed by atoms with Crippen molar-refractivity contribution in [2.75, 3.05) is 32.5 Å². The fourth-order valence-electron chi connectivity index (χ4n) is 3.84. The van der Waals surface area contributed by atoms with Crippen LogP contribution >= 0.6 is 11.3 Å². The largest absolute Gasteiger partial charge is 0.367 e. The third-order valence-corrected chi connectivity index (χ3v) is 6.91. The molecule has 0 aromatic carbocycles. The SMILES string of the molecule is CN(C)CCCNC(=O)c1ccc(-c2cc(NC3CC3)n3ncc(/C=C4\CC(=O)NC4=O)c3n2)s1. The smallest absolute Gasteiger partial charge is 0.261 e. The summed E-state index contributed by atoms with van der Waals surface area (Å²) in [6.45, 7) is 1.53. The molecule has 3 amide bonds. The van der Waals surface area contributed by atoms with E-state index in [2.05, 4.69) is 25.9 Å². The lowest BCUT2D eigenvalue weighted by Gasteiger charge is -2.10. The Labute approximate surface area is 206 Å². The highest BCUT2D eigenvalue weighted by Gasteiger charge is 2.26. The molecule has 2 aliphatic rings. The minimum absolute atomic E-state index is 0.0426. The van der Waals surface area contributed by atoms with Crippen molar-refractivity contribution in [1.82, 2.24) is 30.1 Å². The zero-order valence-corrected chi connectivity index (χ0v) is 20.4. The highest BCUT2D eigenvalue weighted by molar-refractivity contribution is 7.17. The van der Waals surface area contributed by atoms with Crippen LogP contribution in [0.4, 0.5) is 5.82 Å². The third-order valence-electron chi connectivity index (χ3n) is 5.80. The van der Waals surface area contributed by atoms with Gasteiger partial charge in [0.1, 0.15) is 5.82 Å². The highest BCUT2D eigenvalue weighted by Crippen LogP contribution is 2.32. The van der Waals surface area contributed by atoms with Crippen LogP contribution < -0.4 is 16.0 Å². The summed E-state index contributed by atoms with van der Waals surface area (Å²) in [4.78, 5) is 44.6. The van der Waals surface area contributed by atoms with E-state index in [0.29, 0.717) is 39.9 Å². The Morgan fingerprint density at radius 1 is 1.31 bits per heavy atom. The van der Waals surface area contributed by atoms with E-state index in [4.69, 9.17) is 4.98 Å². The summed E-state index contributed by atoms with van der Waals surface area (Å²) in [7, 11) is 4.02. The molecule has 0 spiro atoms. The monoisotopic (exact) mass is 493 g/mol. The number of fused-ring (bicyclic) bond motifs is 1. The predicted molar refractivity (Wildman–Crippen MR) is 134 cm³/mol. The zero-order chi connectivity index (χ0) is 24.5. The quantitative estimate of drug-likeness (QED) is 0.237. The number of carbonyl (C=O) groups excluding carboxylic acids is 3. The van der Waals surface area contributed by atoms with Crippen LogP contribution in [0.15, 0.2) is 30.0 Å². The van der Waals surface area contributed by atoms with Gasteiger partial charge in [0.05, 0.1) is 28.1 Å². The van der Waals surface area contributed by atoms with Crippen LogP contribution in [0.2, 0.25) is 0 Å². The van der Waals surface area contributed by atoms with Crippen LogP contribution in [0.25, 0.3) is 22.3 Å². The first-order chi connectivity index (χ1) is 16.9. The number of anilines is 1. The van der Waals surface area contributed by atoms with E-state index < -0.39 is 0 Å². The van der Waals surface area contributed by atoms with Gasteiger partial charge in [-0.05, 0) is 58.1 Å². The Kier molecular flexibility index (Phi) is 6.35. The molecule has 1 aliphatic heterocycles. The molecule has 1 aliphatic carbocycles. The Morgan fingerprint density at radius 3 is 2.86 bits per heavy atom. The fourth-order valence-corrected chi connectivity index (χ4v) is 4.72. The maximum atomic E-state index is 12.6. The van der Waals surface area contributed by atoms with Gasteiger partial charge in [-0.3, -0.25) is 19.7 Å². The molecule has 3 aromatic heterocycles. The molecule has 0 bridgehead atoms. The minimum atomic E-state index is -0.388. The van der Waals surface area contributed by atoms with Crippen molar-refractivity contribution >= 4 is 46.6 Å². The van der Waals surface area contributed by atoms with E-state index in [1.807, 2.05) is 32.3 Å². The second-order valence-corrected chi connectivity index (χ2v) is 10.2. The molecular weight excluding hydrogens is 466 g/mol. The number of hydrogen-bond acceptors (Lipinski definition) is 8. The molecule has 0 atom stereocenters. The van der Waals surface area contributed by atoms with Crippen LogP contribution in [0.3, 0.4) is 0 Å². The number of rotatable bonds is 9. The fraction of sp³-hybridized carbons (Fsp3) is 0.375. The zero-order valence-electron chi connectivity index (χ0n) is 19.6. The molecule has 10 nitrogen and oxygen atoms in total. The number of amides is 3. The predicted octanol–water partition coefficient (Wildman–Crippen LogP) is 2.14. The number of nitrogens with one attached hydrogen (secondary N) is 3. The maximum Gasteiger partial charge on any atom is 0.261 e. The average Bonchev–Trinajstić information content (AvgIpc) is 3.19. The van der Waals surface area contributed by atoms with Crippen molar-refractivity contribution < 1.29 is 14.4 Å². The number of imide groups is 1. The van der Waals surface area contributed by atoms with Crippen LogP contribution in [0.5, 0.6) is 0 Å². The van der Waals surface area contributed by atoms with E-state index >= 15 is 0 Å². The summed E-state index contributed by atoms with van der Waals surface area (Å²) in [5, 5.41) is 13.2. The standard InChI is InChI=1S/C24H27N7O3S/c1-30(2)9-3-8-25-24(34)19-7-6-18(35-19)17-12-20(27-16-4-5-16)31-22(28-17)15(13-26-31)10-14-11-21(32)29-23(14)33/h6-7,10,12-13,16,27H,3-5,8-9,11H2,1-2H3,(H,25,34)(H,29,32,33)/b14-10+. The van der Waals surface area contributed by atoms with Gasteiger partial charge in [0.2, 0.25) is 5.91 Å². The van der Waals surface area contributed by atoms with Crippen molar-refractivity contribution in [3.8, 4) is 10.6 Å². The first kappa shape index (κ1) is 23.2. The molecule has 1 saturated heterocycles. The van der Waals surface area contributed by atoms with Crippen LogP contribution in [-0.4, -0.2) is 70.4 Å². The molecule has 3 aromatic rings. The Morgan fingerprint density at radius 2 is 2.14 bits per heavy atom. The molecule has 1 saturated carbocycles. The Balaban J connectivity index is 1.44. The van der Waals surface area contributed by atoms with Gasteiger partial charge in [0, 0.05) is 29.8 Å². The summed E-state index contributed by atoms with van der Waals surface area (Å²) >= 11 is 1.39. The normalized spacial score (nSPS) is 16.9. The van der Waals surface area contributed by atoms with E-state index in [0.717, 1.165) is 36.5 Å². The van der Waals surface area contributed by atoms with Crippen LogP contribution in [-0.2, 0) is 9.59 Å². The van der Waals surface area contributed by atoms with Gasteiger partial charge in [0.25, 0.3) is 11.8 Å². The molecule has 5 rings (SSSR count). The van der Waals surface area contributed by atoms with Crippen molar-refractivity contribution in [3.63, 3.8) is 0 Å². The summed E-state index contributed by atoms with van der Waals surface area (Å²) in [6.07, 6.45) is 6.43. The van der Waals surface area contributed by atoms with Crippen LogP contribution in [0, 0.1) is 0 Å². The minimum Gasteiger partial charge on any atom is -0.367 e. The van der Waals surface area contributed by atoms with Gasteiger partial charge >= 0.3 is 0 Å². The van der Waals surface area contributed by atoms with Crippen molar-refractivity contribution in [3.05, 3.63) is 40.4 Å². The van der Waals surface area contributed by atoms with Gasteiger partial charge in [-0.2, -0.15) is 9.61 Å². The number of carbonyl (C=O) groups is 3. The number of thiophene rings is 1. The van der Waals surface area contributed by atoms with Gasteiger partial charge in [-0.1, -0.05) is 0 Å². The lowest BCUT2D eigenvalue weighted by molar-refractivity contribution is -0.124. The van der Waals surface area contributed by atoms with Gasteiger partial charge in [-0.25, -0.2) is 4.98 Å². The average molecular weight is 494 g/mol. The number of aromatic nitrogens is 3. The second-order valence-electron chi connectivity index (χ2n) is 9.08. The molecule has 3 N–H and O–H groups in total. The molecular formula is C24H27N7O3S. The molecule has 11 heteroatoms. The summed E-state index contributed by atoms with van der Waals surface area (Å²) < 4.78 is 1.72.